The topological polar surface area (TPSA) is 12.9 Å². The largest absolute Gasteiger partial charge is 1.00 e. The molecule has 2 unspecified atom stereocenters. The normalized spacial score (nSPS) is 20.2. The maximum atomic E-state index is 4.54. The summed E-state index contributed by atoms with van der Waals surface area (Å²) in [6.45, 7) is 4.29. The number of allylic oxidation sites excluding steroid dienone is 7. The minimum atomic E-state index is 0. The summed E-state index contributed by atoms with van der Waals surface area (Å²) in [4.78, 5) is 7.58. The predicted octanol–water partition coefficient (Wildman–Crippen LogP) is 0.637. The second-order valence-corrected chi connectivity index (χ2v) is 9.57. The predicted molar refractivity (Wildman–Crippen MR) is 113 cm³/mol. The van der Waals surface area contributed by atoms with Gasteiger partial charge in [-0.15, -0.1) is 0 Å². The molecule has 29 heavy (non-hydrogen) atoms. The molecule has 5 rings (SSSR count). The van der Waals surface area contributed by atoms with E-state index < -0.39 is 0 Å². The molecule has 1 aliphatic heterocycles. The molecule has 1 nitrogen and oxygen atoms in total. The molecule has 0 N–H and O–H groups in total. The number of nitrogens with zero attached hydrogens (tertiary/aromatic N) is 1. The standard InChI is InChI=1S/C15H12N.C9H10S.2ClH.Zr/c1-11-6-7-15(16-10-11)14-8-12-4-2-3-5-13(12)9-14;1-2-8-6-7-4-3-5-9(7)10-8;;;/h2-10H,1H3;3-7H,2H2,1H3;2*1H;/q;;;;+2/p-2. The zero-order valence-electron chi connectivity index (χ0n) is 16.4. The van der Waals surface area contributed by atoms with Crippen molar-refractivity contribution in [3.8, 4) is 0 Å². The van der Waals surface area contributed by atoms with E-state index in [4.69, 9.17) is 0 Å². The molecular weight excluding hydrogens is 496 g/mol. The van der Waals surface area contributed by atoms with Crippen molar-refractivity contribution < 1.29 is 49.5 Å². The Morgan fingerprint density at radius 2 is 1.90 bits per heavy atom. The fourth-order valence-corrected chi connectivity index (χ4v) is 5.78. The number of hydrogen-bond acceptors (Lipinski definition) is 2. The van der Waals surface area contributed by atoms with Gasteiger partial charge in [0.25, 0.3) is 0 Å². The Balaban J connectivity index is 0.000000216. The van der Waals surface area contributed by atoms with E-state index in [2.05, 4.69) is 85.6 Å². The van der Waals surface area contributed by atoms with Gasteiger partial charge in [0, 0.05) is 10.8 Å². The molecule has 1 aromatic heterocycles. The maximum Gasteiger partial charge on any atom is -1.00 e. The molecule has 2 heterocycles. The number of rotatable bonds is 2. The second-order valence-electron chi connectivity index (χ2n) is 6.95. The van der Waals surface area contributed by atoms with Crippen LogP contribution in [0, 0.1) is 12.8 Å². The van der Waals surface area contributed by atoms with E-state index in [1.54, 1.807) is 0 Å². The average Bonchev–Trinajstić information content (AvgIpc) is 3.37. The fourth-order valence-electron chi connectivity index (χ4n) is 3.48. The molecule has 5 heteroatoms. The van der Waals surface area contributed by atoms with Gasteiger partial charge in [-0.05, 0) is 11.3 Å². The molecule has 3 aliphatic rings. The van der Waals surface area contributed by atoms with Crippen molar-refractivity contribution in [1.29, 1.82) is 0 Å². The minimum Gasteiger partial charge on any atom is -1.00 e. The van der Waals surface area contributed by atoms with Crippen molar-refractivity contribution in [3.05, 3.63) is 99.1 Å². The number of aryl methyl sites for hydroxylation is 1. The summed E-state index contributed by atoms with van der Waals surface area (Å²) in [5, 5.41) is 0. The van der Waals surface area contributed by atoms with Gasteiger partial charge in [-0.2, -0.15) is 0 Å². The molecule has 0 radical (unpaired) electrons. The molecule has 0 bridgehead atoms. The third-order valence-corrected chi connectivity index (χ3v) is 7.87. The van der Waals surface area contributed by atoms with Crippen LogP contribution in [0.4, 0.5) is 0 Å². The first-order chi connectivity index (χ1) is 13.2. The summed E-state index contributed by atoms with van der Waals surface area (Å²) < 4.78 is 0.536. The molecule has 0 fully saturated rings. The first-order valence-corrected chi connectivity index (χ1v) is 11.6. The third kappa shape index (κ3) is 5.44. The van der Waals surface area contributed by atoms with E-state index in [0.29, 0.717) is 9.54 Å². The van der Waals surface area contributed by atoms with Crippen molar-refractivity contribution in [2.45, 2.75) is 23.9 Å². The molecule has 147 valence electrons. The molecule has 0 saturated heterocycles. The number of fused-ring (bicyclic) bond motifs is 2. The van der Waals surface area contributed by atoms with Crippen LogP contribution in [0.3, 0.4) is 0 Å². The Kier molecular flexibility index (Phi) is 9.23. The first kappa shape index (κ1) is 24.4. The Morgan fingerprint density at radius 3 is 2.55 bits per heavy atom. The zero-order valence-corrected chi connectivity index (χ0v) is 21.2. The van der Waals surface area contributed by atoms with Gasteiger partial charge in [-0.3, -0.25) is 0 Å². The number of thioether (sulfide) groups is 1. The Morgan fingerprint density at radius 1 is 1.10 bits per heavy atom. The van der Waals surface area contributed by atoms with Crippen LogP contribution >= 0.6 is 11.8 Å². The smallest absolute Gasteiger partial charge is 1.00 e. The summed E-state index contributed by atoms with van der Waals surface area (Å²) in [6, 6.07) is 12.9. The van der Waals surface area contributed by atoms with Crippen LogP contribution in [-0.4, -0.2) is 4.98 Å². The van der Waals surface area contributed by atoms with Gasteiger partial charge in [-0.25, -0.2) is 0 Å². The van der Waals surface area contributed by atoms with E-state index in [1.165, 1.54) is 63.2 Å². The molecule has 2 aromatic rings. The van der Waals surface area contributed by atoms with Crippen LogP contribution in [0.25, 0.3) is 11.6 Å². The summed E-state index contributed by atoms with van der Waals surface area (Å²) in [5.41, 5.74) is 6.50. The second kappa shape index (κ2) is 11.0. The third-order valence-electron chi connectivity index (χ3n) is 5.01. The van der Waals surface area contributed by atoms with Crippen LogP contribution < -0.4 is 24.8 Å². The monoisotopic (exact) mass is 516 g/mol. The Hall–Kier alpha value is -0.857. The van der Waals surface area contributed by atoms with Crippen molar-refractivity contribution in [1.82, 2.24) is 4.98 Å². The molecule has 0 saturated carbocycles. The molecule has 1 aromatic carbocycles. The molecule has 0 spiro atoms. The summed E-state index contributed by atoms with van der Waals surface area (Å²) in [5.74, 6) is 0.639. The molecule has 2 atom stereocenters. The van der Waals surface area contributed by atoms with Crippen molar-refractivity contribution in [2.75, 3.05) is 0 Å². The number of aromatic nitrogens is 1. The van der Waals surface area contributed by atoms with E-state index >= 15 is 0 Å². The number of hydrogen-bond donors (Lipinski definition) is 0. The zero-order chi connectivity index (χ0) is 18.8. The summed E-state index contributed by atoms with van der Waals surface area (Å²) in [6.07, 6.45) is 14.4. The first-order valence-electron chi connectivity index (χ1n) is 9.37. The van der Waals surface area contributed by atoms with Crippen molar-refractivity contribution in [2.24, 2.45) is 5.92 Å². The van der Waals surface area contributed by atoms with Crippen LogP contribution in [0.2, 0.25) is 0 Å². The molecular formula is C24H22Cl2NSZr. The number of pyridine rings is 1. The van der Waals surface area contributed by atoms with Gasteiger partial charge in [0.1, 0.15) is 0 Å². The van der Waals surface area contributed by atoms with Crippen LogP contribution in [-0.2, 0) is 24.7 Å². The number of halogens is 2. The maximum absolute atomic E-state index is 4.54. The Labute approximate surface area is 205 Å². The van der Waals surface area contributed by atoms with Gasteiger partial charge in [-0.1, -0.05) is 43.0 Å². The number of benzene rings is 1. The van der Waals surface area contributed by atoms with Gasteiger partial charge in [0.2, 0.25) is 0 Å². The van der Waals surface area contributed by atoms with Crippen molar-refractivity contribution in [3.63, 3.8) is 0 Å². The van der Waals surface area contributed by atoms with E-state index in [1.807, 2.05) is 18.0 Å². The minimum absolute atomic E-state index is 0. The van der Waals surface area contributed by atoms with Gasteiger partial charge in [0.15, 0.2) is 0 Å². The van der Waals surface area contributed by atoms with Gasteiger partial charge in [0.05, 0.1) is 0 Å². The van der Waals surface area contributed by atoms with Crippen LogP contribution in [0.15, 0.2) is 76.7 Å². The van der Waals surface area contributed by atoms with Gasteiger partial charge < -0.3 is 24.8 Å². The van der Waals surface area contributed by atoms with E-state index in [9.17, 15) is 0 Å². The molecule has 0 amide bonds. The van der Waals surface area contributed by atoms with E-state index in [0.717, 1.165) is 5.69 Å². The van der Waals surface area contributed by atoms with Crippen molar-refractivity contribution >= 4 is 23.4 Å². The van der Waals surface area contributed by atoms with Crippen LogP contribution in [0.1, 0.15) is 39.4 Å². The quantitative estimate of drug-likeness (QED) is 0.579. The van der Waals surface area contributed by atoms with Crippen LogP contribution in [0.5, 0.6) is 0 Å². The SMILES string of the molecule is CCC1=CC2C=CC=C2S1.Cc1ccc(C2=Cc3ccccc3[CH]2[Zr+2])nc1.[Cl-].[Cl-]. The summed E-state index contributed by atoms with van der Waals surface area (Å²) in [7, 11) is 0. The van der Waals surface area contributed by atoms with E-state index in [-0.39, 0.29) is 24.8 Å². The molecule has 2 aliphatic carbocycles. The summed E-state index contributed by atoms with van der Waals surface area (Å²) >= 11 is 3.47. The van der Waals surface area contributed by atoms with Gasteiger partial charge >= 0.3 is 117 Å². The average molecular weight is 519 g/mol. The Bertz CT molecular complexity index is 977. The fraction of sp³-hybridized carbons (Fsp3) is 0.208.